The highest BCUT2D eigenvalue weighted by Gasteiger charge is 2.39. The van der Waals surface area contributed by atoms with Gasteiger partial charge in [0, 0.05) is 24.2 Å². The van der Waals surface area contributed by atoms with Gasteiger partial charge in [-0.05, 0) is 60.7 Å². The highest BCUT2D eigenvalue weighted by molar-refractivity contribution is 6.01. The van der Waals surface area contributed by atoms with Crippen molar-refractivity contribution in [1.29, 1.82) is 0 Å². The Hall–Kier alpha value is -4.41. The van der Waals surface area contributed by atoms with Crippen molar-refractivity contribution in [3.05, 3.63) is 46.5 Å². The van der Waals surface area contributed by atoms with Crippen LogP contribution in [0.1, 0.15) is 34.3 Å². The molecule has 1 heterocycles. The fourth-order valence-electron chi connectivity index (χ4n) is 5.31. The van der Waals surface area contributed by atoms with Gasteiger partial charge in [0.15, 0.2) is 23.0 Å². The van der Waals surface area contributed by atoms with E-state index < -0.39 is 17.9 Å². The molecule has 11 nitrogen and oxygen atoms in total. The van der Waals surface area contributed by atoms with E-state index in [2.05, 4.69) is 0 Å². The molecule has 4 rings (SSSR count). The maximum absolute atomic E-state index is 13.7. The van der Waals surface area contributed by atoms with Gasteiger partial charge in [-0.1, -0.05) is 0 Å². The number of hydrogen-bond acceptors (Lipinski definition) is 9. The number of ether oxygens (including phenoxy) is 6. The molecule has 0 aromatic heterocycles. The molecule has 2 aromatic rings. The van der Waals surface area contributed by atoms with Crippen molar-refractivity contribution < 1.29 is 42.8 Å². The Kier molecular flexibility index (Phi) is 9.26. The molecule has 1 fully saturated rings. The first-order chi connectivity index (χ1) is 19.8. The summed E-state index contributed by atoms with van der Waals surface area (Å²) in [5.74, 6) is 0.990. The van der Waals surface area contributed by atoms with Gasteiger partial charge >= 0.3 is 5.97 Å². The van der Waals surface area contributed by atoms with E-state index in [0.717, 1.165) is 24.0 Å². The zero-order chi connectivity index (χ0) is 29.7. The van der Waals surface area contributed by atoms with Crippen LogP contribution in [0.2, 0.25) is 0 Å². The molecule has 0 spiro atoms. The average Bonchev–Trinajstić information content (AvgIpc) is 3.23. The summed E-state index contributed by atoms with van der Waals surface area (Å²) in [4.78, 5) is 43.3. The van der Waals surface area contributed by atoms with Gasteiger partial charge in [0.2, 0.25) is 11.7 Å². The molecule has 2 aliphatic rings. The van der Waals surface area contributed by atoms with Gasteiger partial charge in [0.05, 0.1) is 49.2 Å². The number of carbonyl (C=O) groups excluding carboxylic acids is 3. The molecule has 1 saturated heterocycles. The van der Waals surface area contributed by atoms with Gasteiger partial charge in [-0.15, -0.1) is 0 Å². The molecule has 0 bridgehead atoms. The highest BCUT2D eigenvalue weighted by atomic mass is 16.5. The number of amides is 2. The van der Waals surface area contributed by atoms with E-state index in [1.165, 1.54) is 45.5 Å². The van der Waals surface area contributed by atoms with E-state index in [0.29, 0.717) is 40.7 Å². The molecule has 1 aliphatic carbocycles. The van der Waals surface area contributed by atoms with Gasteiger partial charge in [-0.25, -0.2) is 4.79 Å². The van der Waals surface area contributed by atoms with Crippen molar-refractivity contribution in [3.63, 3.8) is 0 Å². The minimum Gasteiger partial charge on any atom is -0.493 e. The van der Waals surface area contributed by atoms with Crippen LogP contribution in [0.15, 0.2) is 29.8 Å². The highest BCUT2D eigenvalue weighted by Crippen LogP contribution is 2.39. The van der Waals surface area contributed by atoms with E-state index in [1.54, 1.807) is 19.1 Å². The second-order valence-electron chi connectivity index (χ2n) is 9.63. The largest absolute Gasteiger partial charge is 0.493 e. The standard InChI is InChI=1S/C30H36N2O9/c1-36-23-13-18-8-7-9-19(12-20(18)14-24(23)37-2)28(33)31-10-11-32(22(17-31)30(35)41-6)29(34)21-15-25(38-3)27(40-5)26(16-21)39-4/h12-16,22H,7-11,17H2,1-6H3. The molecule has 41 heavy (non-hydrogen) atoms. The third kappa shape index (κ3) is 5.89. The van der Waals surface area contributed by atoms with E-state index in [9.17, 15) is 14.4 Å². The predicted molar refractivity (Wildman–Crippen MR) is 150 cm³/mol. The van der Waals surface area contributed by atoms with Crippen LogP contribution in [-0.2, 0) is 20.7 Å². The molecule has 2 amide bonds. The summed E-state index contributed by atoms with van der Waals surface area (Å²) >= 11 is 0. The van der Waals surface area contributed by atoms with Crippen LogP contribution >= 0.6 is 0 Å². The van der Waals surface area contributed by atoms with Crippen molar-refractivity contribution in [1.82, 2.24) is 9.80 Å². The van der Waals surface area contributed by atoms with E-state index >= 15 is 0 Å². The third-order valence-corrected chi connectivity index (χ3v) is 7.46. The second-order valence-corrected chi connectivity index (χ2v) is 9.63. The Morgan fingerprint density at radius 3 is 1.95 bits per heavy atom. The maximum Gasteiger partial charge on any atom is 0.330 e. The predicted octanol–water partition coefficient (Wildman–Crippen LogP) is 2.98. The third-order valence-electron chi connectivity index (χ3n) is 7.46. The van der Waals surface area contributed by atoms with Crippen LogP contribution in [0.3, 0.4) is 0 Å². The molecular weight excluding hydrogens is 532 g/mol. The van der Waals surface area contributed by atoms with Crippen molar-refractivity contribution in [2.45, 2.75) is 25.3 Å². The first-order valence-electron chi connectivity index (χ1n) is 13.2. The number of rotatable bonds is 8. The Labute approximate surface area is 239 Å². The average molecular weight is 569 g/mol. The summed E-state index contributed by atoms with van der Waals surface area (Å²) in [6.45, 7) is 0.381. The molecule has 0 radical (unpaired) electrons. The molecule has 2 aromatic carbocycles. The van der Waals surface area contributed by atoms with E-state index in [4.69, 9.17) is 28.4 Å². The molecule has 1 atom stereocenters. The fourth-order valence-corrected chi connectivity index (χ4v) is 5.31. The van der Waals surface area contributed by atoms with Crippen molar-refractivity contribution in [2.24, 2.45) is 0 Å². The number of piperazine rings is 1. The van der Waals surface area contributed by atoms with Crippen LogP contribution < -0.4 is 23.7 Å². The molecule has 0 N–H and O–H groups in total. The van der Waals surface area contributed by atoms with Crippen molar-refractivity contribution >= 4 is 23.9 Å². The smallest absolute Gasteiger partial charge is 0.330 e. The number of carbonyl (C=O) groups is 3. The zero-order valence-corrected chi connectivity index (χ0v) is 24.3. The number of hydrogen-bond donors (Lipinski definition) is 0. The van der Waals surface area contributed by atoms with Crippen molar-refractivity contribution in [2.75, 3.05) is 62.3 Å². The first kappa shape index (κ1) is 29.6. The van der Waals surface area contributed by atoms with E-state index in [1.807, 2.05) is 18.2 Å². The van der Waals surface area contributed by atoms with Crippen LogP contribution in [-0.4, -0.2) is 95.9 Å². The van der Waals surface area contributed by atoms with Crippen LogP contribution in [0.5, 0.6) is 28.7 Å². The molecule has 11 heteroatoms. The maximum atomic E-state index is 13.7. The number of aryl methyl sites for hydroxylation is 1. The first-order valence-corrected chi connectivity index (χ1v) is 13.2. The number of fused-ring (bicyclic) bond motifs is 1. The topological polar surface area (TPSA) is 113 Å². The number of benzene rings is 2. The Bertz CT molecular complexity index is 1330. The van der Waals surface area contributed by atoms with Gasteiger partial charge in [0.25, 0.3) is 5.91 Å². The second kappa shape index (κ2) is 12.8. The molecule has 220 valence electrons. The summed E-state index contributed by atoms with van der Waals surface area (Å²) in [5.41, 5.74) is 2.84. The van der Waals surface area contributed by atoms with Crippen LogP contribution in [0, 0.1) is 0 Å². The van der Waals surface area contributed by atoms with E-state index in [-0.39, 0.29) is 31.1 Å². The lowest BCUT2D eigenvalue weighted by Gasteiger charge is -2.40. The Balaban J connectivity index is 1.60. The normalized spacial score (nSPS) is 16.5. The summed E-state index contributed by atoms with van der Waals surface area (Å²) in [5, 5.41) is 0. The van der Waals surface area contributed by atoms with Gasteiger partial charge in [-0.3, -0.25) is 9.59 Å². The minimum absolute atomic E-state index is 0.00218. The van der Waals surface area contributed by atoms with Gasteiger partial charge in [-0.2, -0.15) is 0 Å². The monoisotopic (exact) mass is 568 g/mol. The van der Waals surface area contributed by atoms with Crippen LogP contribution in [0.4, 0.5) is 0 Å². The quantitative estimate of drug-likeness (QED) is 0.444. The summed E-state index contributed by atoms with van der Waals surface area (Å²) in [6, 6.07) is 5.89. The van der Waals surface area contributed by atoms with Gasteiger partial charge in [0.1, 0.15) is 6.04 Å². The molecule has 1 aliphatic heterocycles. The summed E-state index contributed by atoms with van der Waals surface area (Å²) < 4.78 is 32.1. The zero-order valence-electron chi connectivity index (χ0n) is 24.3. The SMILES string of the molecule is COC(=O)C1CN(C(=O)C2=Cc3cc(OC)c(OC)cc3CCC2)CCN1C(=O)c1cc(OC)c(OC)c(OC)c1. The lowest BCUT2D eigenvalue weighted by molar-refractivity contribution is -0.149. The number of methoxy groups -OCH3 is 6. The number of esters is 1. The molecule has 1 unspecified atom stereocenters. The Morgan fingerprint density at radius 1 is 0.732 bits per heavy atom. The lowest BCUT2D eigenvalue weighted by Crippen LogP contribution is -2.59. The fraction of sp³-hybridized carbons (Fsp3) is 0.433. The number of nitrogens with zero attached hydrogens (tertiary/aromatic N) is 2. The molecular formula is C30H36N2O9. The van der Waals surface area contributed by atoms with Crippen molar-refractivity contribution in [3.8, 4) is 28.7 Å². The molecule has 0 saturated carbocycles. The summed E-state index contributed by atoms with van der Waals surface area (Å²) in [7, 11) is 8.82. The lowest BCUT2D eigenvalue weighted by atomic mass is 10.0. The van der Waals surface area contributed by atoms with Gasteiger partial charge < -0.3 is 38.2 Å². The Morgan fingerprint density at radius 2 is 1.37 bits per heavy atom. The summed E-state index contributed by atoms with van der Waals surface area (Å²) in [6.07, 6.45) is 4.02. The van der Waals surface area contributed by atoms with Crippen LogP contribution in [0.25, 0.3) is 6.08 Å². The minimum atomic E-state index is -0.993.